The van der Waals surface area contributed by atoms with Crippen LogP contribution in [0.5, 0.6) is 0 Å². The molecule has 16 heavy (non-hydrogen) atoms. The summed E-state index contributed by atoms with van der Waals surface area (Å²) >= 11 is 0. The van der Waals surface area contributed by atoms with Gasteiger partial charge in [0.15, 0.2) is 5.78 Å². The van der Waals surface area contributed by atoms with Crippen LogP contribution in [-0.4, -0.2) is 19.0 Å². The normalized spacial score (nSPS) is 17.4. The van der Waals surface area contributed by atoms with Crippen molar-refractivity contribution in [2.24, 2.45) is 5.92 Å². The summed E-state index contributed by atoms with van der Waals surface area (Å²) in [4.78, 5) is 12.4. The lowest BCUT2D eigenvalue weighted by atomic mass is 9.87. The highest BCUT2D eigenvalue weighted by atomic mass is 16.5. The van der Waals surface area contributed by atoms with Gasteiger partial charge in [-0.25, -0.2) is 0 Å². The van der Waals surface area contributed by atoms with Gasteiger partial charge in [0.1, 0.15) is 0 Å². The summed E-state index contributed by atoms with van der Waals surface area (Å²) in [5, 5.41) is 0. The summed E-state index contributed by atoms with van der Waals surface area (Å²) in [5.41, 5.74) is 3.11. The number of benzene rings is 1. The first-order valence-corrected chi connectivity index (χ1v) is 5.88. The largest absolute Gasteiger partial charge is 0.381 e. The van der Waals surface area contributed by atoms with Crippen molar-refractivity contribution in [3.8, 4) is 0 Å². The van der Waals surface area contributed by atoms with Gasteiger partial charge in [0, 0.05) is 24.7 Å². The van der Waals surface area contributed by atoms with E-state index in [0.29, 0.717) is 5.78 Å². The van der Waals surface area contributed by atoms with Crippen molar-refractivity contribution in [3.63, 3.8) is 0 Å². The number of hydrogen-bond donors (Lipinski definition) is 0. The third kappa shape index (κ3) is 2.17. The van der Waals surface area contributed by atoms with E-state index in [1.165, 1.54) is 0 Å². The van der Waals surface area contributed by atoms with Crippen LogP contribution in [0.3, 0.4) is 0 Å². The lowest BCUT2D eigenvalue weighted by molar-refractivity contribution is 0.0544. The lowest BCUT2D eigenvalue weighted by Crippen LogP contribution is -2.24. The number of carbonyl (C=O) groups excluding carboxylic acids is 1. The number of ketones is 1. The Kier molecular flexibility index (Phi) is 3.39. The van der Waals surface area contributed by atoms with Gasteiger partial charge in [-0.05, 0) is 37.8 Å². The first kappa shape index (κ1) is 11.3. The zero-order chi connectivity index (χ0) is 11.5. The van der Waals surface area contributed by atoms with Crippen molar-refractivity contribution in [1.82, 2.24) is 0 Å². The fourth-order valence-corrected chi connectivity index (χ4v) is 2.37. The second kappa shape index (κ2) is 4.79. The maximum atomic E-state index is 12.4. The molecule has 1 aliphatic heterocycles. The van der Waals surface area contributed by atoms with Gasteiger partial charge in [-0.3, -0.25) is 4.79 Å². The molecule has 1 aliphatic rings. The highest BCUT2D eigenvalue weighted by Gasteiger charge is 2.24. The second-order valence-electron chi connectivity index (χ2n) is 4.52. The van der Waals surface area contributed by atoms with Gasteiger partial charge >= 0.3 is 0 Å². The average molecular weight is 218 g/mol. The first-order chi connectivity index (χ1) is 7.70. The third-order valence-electron chi connectivity index (χ3n) is 3.32. The Bertz CT molecular complexity index is 369. The zero-order valence-electron chi connectivity index (χ0n) is 9.95. The first-order valence-electron chi connectivity index (χ1n) is 5.88. The van der Waals surface area contributed by atoms with Crippen LogP contribution in [0.15, 0.2) is 18.2 Å². The summed E-state index contributed by atoms with van der Waals surface area (Å²) < 4.78 is 5.29. The van der Waals surface area contributed by atoms with E-state index < -0.39 is 0 Å². The minimum absolute atomic E-state index is 0.161. The van der Waals surface area contributed by atoms with Gasteiger partial charge in [-0.15, -0.1) is 0 Å². The molecule has 2 nitrogen and oxygen atoms in total. The van der Waals surface area contributed by atoms with Crippen molar-refractivity contribution in [2.45, 2.75) is 26.7 Å². The van der Waals surface area contributed by atoms with Crippen LogP contribution in [-0.2, 0) is 4.74 Å². The maximum absolute atomic E-state index is 12.4. The van der Waals surface area contributed by atoms with Gasteiger partial charge in [0.2, 0.25) is 0 Å². The molecule has 0 radical (unpaired) electrons. The van der Waals surface area contributed by atoms with Crippen molar-refractivity contribution >= 4 is 5.78 Å². The standard InChI is InChI=1S/C14H18O2/c1-10-4-3-5-11(2)13(10)14(15)12-6-8-16-9-7-12/h3-5,12H,6-9H2,1-2H3. The molecule has 0 spiro atoms. The number of hydrogen-bond acceptors (Lipinski definition) is 2. The Balaban J connectivity index is 2.26. The molecular formula is C14H18O2. The molecule has 86 valence electrons. The third-order valence-corrected chi connectivity index (χ3v) is 3.32. The highest BCUT2D eigenvalue weighted by molar-refractivity contribution is 6.00. The van der Waals surface area contributed by atoms with E-state index in [0.717, 1.165) is 42.7 Å². The fraction of sp³-hybridized carbons (Fsp3) is 0.500. The van der Waals surface area contributed by atoms with Crippen molar-refractivity contribution in [2.75, 3.05) is 13.2 Å². The summed E-state index contributed by atoms with van der Waals surface area (Å²) in [6.45, 7) is 5.47. The number of carbonyl (C=O) groups is 1. The van der Waals surface area contributed by atoms with Gasteiger partial charge in [-0.1, -0.05) is 18.2 Å². The molecule has 1 fully saturated rings. The fourth-order valence-electron chi connectivity index (χ4n) is 2.37. The van der Waals surface area contributed by atoms with Crippen LogP contribution in [0, 0.1) is 19.8 Å². The Morgan fingerprint density at radius 3 is 2.31 bits per heavy atom. The molecule has 2 heteroatoms. The van der Waals surface area contributed by atoms with Crippen LogP contribution >= 0.6 is 0 Å². The molecular weight excluding hydrogens is 200 g/mol. The maximum Gasteiger partial charge on any atom is 0.166 e. The molecule has 0 aromatic heterocycles. The van der Waals surface area contributed by atoms with Crippen molar-refractivity contribution < 1.29 is 9.53 Å². The molecule has 0 amide bonds. The summed E-state index contributed by atoms with van der Waals surface area (Å²) in [5.74, 6) is 0.465. The predicted molar refractivity (Wildman–Crippen MR) is 63.8 cm³/mol. The molecule has 1 aromatic rings. The molecule has 2 rings (SSSR count). The van der Waals surface area contributed by atoms with Crippen LogP contribution in [0.4, 0.5) is 0 Å². The van der Waals surface area contributed by atoms with Gasteiger partial charge in [0.25, 0.3) is 0 Å². The molecule has 0 atom stereocenters. The Morgan fingerprint density at radius 2 is 1.75 bits per heavy atom. The molecule has 0 bridgehead atoms. The SMILES string of the molecule is Cc1cccc(C)c1C(=O)C1CCOCC1. The molecule has 1 aromatic carbocycles. The molecule has 0 N–H and O–H groups in total. The van der Waals surface area contributed by atoms with E-state index in [1.54, 1.807) is 0 Å². The Labute approximate surface area is 96.6 Å². The topological polar surface area (TPSA) is 26.3 Å². The summed E-state index contributed by atoms with van der Waals surface area (Å²) in [6, 6.07) is 6.03. The van der Waals surface area contributed by atoms with E-state index >= 15 is 0 Å². The second-order valence-corrected chi connectivity index (χ2v) is 4.52. The molecule has 0 saturated carbocycles. The number of aryl methyl sites for hydroxylation is 2. The smallest absolute Gasteiger partial charge is 0.166 e. The van der Waals surface area contributed by atoms with E-state index in [2.05, 4.69) is 0 Å². The van der Waals surface area contributed by atoms with Crippen LogP contribution in [0.25, 0.3) is 0 Å². The monoisotopic (exact) mass is 218 g/mol. The summed E-state index contributed by atoms with van der Waals surface area (Å²) in [6.07, 6.45) is 1.74. The quantitative estimate of drug-likeness (QED) is 0.713. The van der Waals surface area contributed by atoms with Gasteiger partial charge in [-0.2, -0.15) is 0 Å². The Morgan fingerprint density at radius 1 is 1.19 bits per heavy atom. The predicted octanol–water partition coefficient (Wildman–Crippen LogP) is 2.91. The van der Waals surface area contributed by atoms with Gasteiger partial charge in [0.05, 0.1) is 0 Å². The highest BCUT2D eigenvalue weighted by Crippen LogP contribution is 2.24. The van der Waals surface area contributed by atoms with E-state index in [9.17, 15) is 4.79 Å². The minimum atomic E-state index is 0.161. The van der Waals surface area contributed by atoms with E-state index in [-0.39, 0.29) is 5.92 Å². The van der Waals surface area contributed by atoms with Crippen LogP contribution < -0.4 is 0 Å². The lowest BCUT2D eigenvalue weighted by Gasteiger charge is -2.22. The zero-order valence-corrected chi connectivity index (χ0v) is 9.95. The minimum Gasteiger partial charge on any atom is -0.381 e. The van der Waals surface area contributed by atoms with Crippen molar-refractivity contribution in [1.29, 1.82) is 0 Å². The average Bonchev–Trinajstić information content (AvgIpc) is 2.30. The molecule has 0 aliphatic carbocycles. The Hall–Kier alpha value is -1.15. The van der Waals surface area contributed by atoms with Crippen LogP contribution in [0.1, 0.15) is 34.3 Å². The van der Waals surface area contributed by atoms with E-state index in [4.69, 9.17) is 4.74 Å². The number of rotatable bonds is 2. The molecule has 1 saturated heterocycles. The van der Waals surface area contributed by atoms with E-state index in [1.807, 2.05) is 32.0 Å². The molecule has 0 unspecified atom stereocenters. The summed E-state index contributed by atoms with van der Waals surface area (Å²) in [7, 11) is 0. The molecule has 1 heterocycles. The van der Waals surface area contributed by atoms with Crippen molar-refractivity contribution in [3.05, 3.63) is 34.9 Å². The number of Topliss-reactive ketones (excluding diaryl/α,β-unsaturated/α-hetero) is 1. The van der Waals surface area contributed by atoms with Gasteiger partial charge < -0.3 is 4.74 Å². The number of ether oxygens (including phenoxy) is 1. The van der Waals surface area contributed by atoms with Crippen LogP contribution in [0.2, 0.25) is 0 Å².